The Labute approximate surface area is 107 Å². The van der Waals surface area contributed by atoms with Gasteiger partial charge in [0.1, 0.15) is 6.10 Å². The Kier molecular flexibility index (Phi) is 3.61. The van der Waals surface area contributed by atoms with E-state index in [1.807, 2.05) is 0 Å². The highest BCUT2D eigenvalue weighted by Crippen LogP contribution is 2.28. The number of ether oxygens (including phenoxy) is 1. The maximum atomic E-state index is 6.14. The van der Waals surface area contributed by atoms with Crippen LogP contribution >= 0.6 is 0 Å². The summed E-state index contributed by atoms with van der Waals surface area (Å²) in [5, 5.41) is 4.04. The van der Waals surface area contributed by atoms with Crippen LogP contribution in [0.1, 0.15) is 56.3 Å². The van der Waals surface area contributed by atoms with E-state index in [1.54, 1.807) is 0 Å². The van der Waals surface area contributed by atoms with Gasteiger partial charge in [0, 0.05) is 19.1 Å². The second kappa shape index (κ2) is 5.36. The molecule has 1 aromatic rings. The van der Waals surface area contributed by atoms with Crippen molar-refractivity contribution in [3.63, 3.8) is 0 Å². The molecule has 0 bridgehead atoms. The van der Waals surface area contributed by atoms with Gasteiger partial charge in [-0.25, -0.2) is 0 Å². The van der Waals surface area contributed by atoms with Gasteiger partial charge in [-0.1, -0.05) is 18.0 Å². The number of nitrogens with two attached hydrogens (primary N) is 1. The standard InChI is InChI=1S/C13H21N3O2/c14-10-5-2-1-4-9(10)8-12-15-13(16-18-12)11-6-3-7-17-11/h9-11H,1-8,14H2. The Morgan fingerprint density at radius 3 is 2.83 bits per heavy atom. The molecule has 1 saturated heterocycles. The van der Waals surface area contributed by atoms with Crippen LogP contribution in [-0.2, 0) is 11.2 Å². The molecule has 5 heteroatoms. The zero-order valence-electron chi connectivity index (χ0n) is 10.7. The summed E-state index contributed by atoms with van der Waals surface area (Å²) in [6, 6.07) is 0.289. The van der Waals surface area contributed by atoms with Gasteiger partial charge in [-0.3, -0.25) is 0 Å². The summed E-state index contributed by atoms with van der Waals surface area (Å²) in [7, 11) is 0. The molecule has 0 radical (unpaired) electrons. The van der Waals surface area contributed by atoms with Crippen LogP contribution in [0, 0.1) is 5.92 Å². The van der Waals surface area contributed by atoms with Gasteiger partial charge in [0.25, 0.3) is 0 Å². The highest BCUT2D eigenvalue weighted by atomic mass is 16.5. The molecule has 0 spiro atoms. The highest BCUT2D eigenvalue weighted by molar-refractivity contribution is 4.95. The summed E-state index contributed by atoms with van der Waals surface area (Å²) in [4.78, 5) is 4.46. The fourth-order valence-corrected chi connectivity index (χ4v) is 2.98. The third-order valence-electron chi connectivity index (χ3n) is 4.11. The summed E-state index contributed by atoms with van der Waals surface area (Å²) < 4.78 is 10.9. The van der Waals surface area contributed by atoms with Crippen molar-refractivity contribution in [3.05, 3.63) is 11.7 Å². The molecule has 1 aliphatic carbocycles. The third kappa shape index (κ3) is 2.57. The zero-order valence-corrected chi connectivity index (χ0v) is 10.7. The fourth-order valence-electron chi connectivity index (χ4n) is 2.98. The lowest BCUT2D eigenvalue weighted by atomic mass is 9.83. The molecule has 2 heterocycles. The van der Waals surface area contributed by atoms with E-state index in [0.717, 1.165) is 38.2 Å². The molecular formula is C13H21N3O2. The van der Waals surface area contributed by atoms with Crippen LogP contribution in [0.15, 0.2) is 4.52 Å². The van der Waals surface area contributed by atoms with Crippen LogP contribution in [0.4, 0.5) is 0 Å². The lowest BCUT2D eigenvalue weighted by Crippen LogP contribution is -2.34. The molecule has 1 aliphatic heterocycles. The van der Waals surface area contributed by atoms with E-state index >= 15 is 0 Å². The molecule has 0 amide bonds. The van der Waals surface area contributed by atoms with Gasteiger partial charge in [0.2, 0.25) is 11.7 Å². The molecule has 3 rings (SSSR count). The van der Waals surface area contributed by atoms with Gasteiger partial charge in [-0.15, -0.1) is 0 Å². The molecule has 1 saturated carbocycles. The summed E-state index contributed by atoms with van der Waals surface area (Å²) >= 11 is 0. The average molecular weight is 251 g/mol. The van der Waals surface area contributed by atoms with Crippen molar-refractivity contribution in [2.75, 3.05) is 6.61 Å². The van der Waals surface area contributed by atoms with Gasteiger partial charge in [-0.2, -0.15) is 4.98 Å². The van der Waals surface area contributed by atoms with Crippen molar-refractivity contribution in [3.8, 4) is 0 Å². The summed E-state index contributed by atoms with van der Waals surface area (Å²) in [5.41, 5.74) is 6.14. The van der Waals surface area contributed by atoms with E-state index in [1.165, 1.54) is 19.3 Å². The van der Waals surface area contributed by atoms with Crippen molar-refractivity contribution in [1.29, 1.82) is 0 Å². The lowest BCUT2D eigenvalue weighted by molar-refractivity contribution is 0.103. The molecule has 2 aliphatic rings. The normalized spacial score (nSPS) is 32.8. The van der Waals surface area contributed by atoms with Crippen LogP contribution in [0.25, 0.3) is 0 Å². The predicted octanol–water partition coefficient (Wildman–Crippen LogP) is 1.98. The first-order chi connectivity index (χ1) is 8.83. The van der Waals surface area contributed by atoms with E-state index in [9.17, 15) is 0 Å². The Bertz CT molecular complexity index is 387. The molecule has 0 aromatic carbocycles. The van der Waals surface area contributed by atoms with Crippen LogP contribution in [0.5, 0.6) is 0 Å². The van der Waals surface area contributed by atoms with Crippen molar-refractivity contribution >= 4 is 0 Å². The second-order valence-corrected chi connectivity index (χ2v) is 5.46. The van der Waals surface area contributed by atoms with Crippen molar-refractivity contribution in [2.24, 2.45) is 11.7 Å². The predicted molar refractivity (Wildman–Crippen MR) is 65.9 cm³/mol. The average Bonchev–Trinajstić information content (AvgIpc) is 3.02. The van der Waals surface area contributed by atoms with Gasteiger partial charge in [0.05, 0.1) is 0 Å². The SMILES string of the molecule is NC1CCCCC1Cc1nc(C2CCCO2)no1. The summed E-state index contributed by atoms with van der Waals surface area (Å²) in [6.45, 7) is 0.808. The van der Waals surface area contributed by atoms with Crippen molar-refractivity contribution < 1.29 is 9.26 Å². The Morgan fingerprint density at radius 2 is 2.06 bits per heavy atom. The quantitative estimate of drug-likeness (QED) is 0.889. The number of hydrogen-bond donors (Lipinski definition) is 1. The molecular weight excluding hydrogens is 230 g/mol. The molecule has 1 aromatic heterocycles. The van der Waals surface area contributed by atoms with E-state index < -0.39 is 0 Å². The minimum Gasteiger partial charge on any atom is -0.370 e. The molecule has 18 heavy (non-hydrogen) atoms. The number of nitrogens with zero attached hydrogens (tertiary/aromatic N) is 2. The van der Waals surface area contributed by atoms with E-state index in [4.69, 9.17) is 15.0 Å². The largest absolute Gasteiger partial charge is 0.370 e. The molecule has 3 unspecified atom stereocenters. The van der Waals surface area contributed by atoms with Gasteiger partial charge in [0.15, 0.2) is 0 Å². The third-order valence-corrected chi connectivity index (χ3v) is 4.11. The van der Waals surface area contributed by atoms with Crippen molar-refractivity contribution in [1.82, 2.24) is 10.1 Å². The zero-order chi connectivity index (χ0) is 12.4. The first kappa shape index (κ1) is 12.1. The number of aromatic nitrogens is 2. The van der Waals surface area contributed by atoms with Gasteiger partial charge in [-0.05, 0) is 31.6 Å². The molecule has 2 N–H and O–H groups in total. The second-order valence-electron chi connectivity index (χ2n) is 5.46. The first-order valence-corrected chi connectivity index (χ1v) is 7.02. The van der Waals surface area contributed by atoms with Crippen molar-refractivity contribution in [2.45, 2.75) is 57.1 Å². The van der Waals surface area contributed by atoms with E-state index in [2.05, 4.69) is 10.1 Å². The van der Waals surface area contributed by atoms with E-state index in [-0.39, 0.29) is 12.1 Å². The first-order valence-electron chi connectivity index (χ1n) is 7.02. The Morgan fingerprint density at radius 1 is 1.17 bits per heavy atom. The smallest absolute Gasteiger partial charge is 0.227 e. The minimum atomic E-state index is 0.0440. The maximum Gasteiger partial charge on any atom is 0.227 e. The lowest BCUT2D eigenvalue weighted by Gasteiger charge is -2.27. The minimum absolute atomic E-state index is 0.0440. The Hall–Kier alpha value is -0.940. The summed E-state index contributed by atoms with van der Waals surface area (Å²) in [5.74, 6) is 1.94. The molecule has 2 fully saturated rings. The molecule has 100 valence electrons. The van der Waals surface area contributed by atoms with E-state index in [0.29, 0.717) is 11.7 Å². The van der Waals surface area contributed by atoms with Crippen LogP contribution in [-0.4, -0.2) is 22.8 Å². The highest BCUT2D eigenvalue weighted by Gasteiger charge is 2.26. The fraction of sp³-hybridized carbons (Fsp3) is 0.846. The monoisotopic (exact) mass is 251 g/mol. The van der Waals surface area contributed by atoms with Crippen LogP contribution < -0.4 is 5.73 Å². The van der Waals surface area contributed by atoms with Crippen LogP contribution in [0.3, 0.4) is 0 Å². The topological polar surface area (TPSA) is 74.2 Å². The molecule has 5 nitrogen and oxygen atoms in total. The van der Waals surface area contributed by atoms with Crippen LogP contribution in [0.2, 0.25) is 0 Å². The maximum absolute atomic E-state index is 6.14. The molecule has 3 atom stereocenters. The summed E-state index contributed by atoms with van der Waals surface area (Å²) in [6.07, 6.45) is 7.77. The number of rotatable bonds is 3. The number of hydrogen-bond acceptors (Lipinski definition) is 5. The van der Waals surface area contributed by atoms with Gasteiger partial charge < -0.3 is 15.0 Å². The van der Waals surface area contributed by atoms with Gasteiger partial charge >= 0.3 is 0 Å². The Balaban J connectivity index is 1.62.